The molecule has 1 amide bonds. The highest BCUT2D eigenvalue weighted by Crippen LogP contribution is 2.25. The van der Waals surface area contributed by atoms with Crippen LogP contribution in [0.3, 0.4) is 0 Å². The number of benzene rings is 3. The van der Waals surface area contributed by atoms with Crippen molar-refractivity contribution in [3.63, 3.8) is 0 Å². The SMILES string of the molecule is COc1ccc(Nc2nc3cc(NC(=O)CCCCOc4ccc(C#N)cc4)ccc3o2)cc1. The van der Waals surface area contributed by atoms with Crippen molar-refractivity contribution >= 4 is 34.4 Å². The number of anilines is 3. The van der Waals surface area contributed by atoms with Crippen LogP contribution in [0, 0.1) is 11.3 Å². The molecule has 0 bridgehead atoms. The standard InChI is InChI=1S/C26H24N4O4/c1-32-21-12-7-19(8-13-21)29-26-30-23-16-20(9-14-24(23)34-26)28-25(31)4-2-3-15-33-22-10-5-18(17-27)6-11-22/h5-14,16H,2-4,15H2,1H3,(H,28,31)(H,29,30). The highest BCUT2D eigenvalue weighted by atomic mass is 16.5. The van der Waals surface area contributed by atoms with Gasteiger partial charge in [0.25, 0.3) is 6.01 Å². The van der Waals surface area contributed by atoms with Gasteiger partial charge in [0.05, 0.1) is 25.3 Å². The van der Waals surface area contributed by atoms with E-state index in [2.05, 4.69) is 21.7 Å². The van der Waals surface area contributed by atoms with Crippen LogP contribution in [0.25, 0.3) is 11.1 Å². The monoisotopic (exact) mass is 456 g/mol. The van der Waals surface area contributed by atoms with Gasteiger partial charge in [-0.15, -0.1) is 0 Å². The molecule has 1 heterocycles. The minimum absolute atomic E-state index is 0.0715. The summed E-state index contributed by atoms with van der Waals surface area (Å²) in [5.74, 6) is 1.41. The molecule has 0 saturated carbocycles. The predicted molar refractivity (Wildman–Crippen MR) is 129 cm³/mol. The number of ether oxygens (including phenoxy) is 2. The fourth-order valence-electron chi connectivity index (χ4n) is 3.28. The van der Waals surface area contributed by atoms with Crippen LogP contribution in [0.5, 0.6) is 11.5 Å². The largest absolute Gasteiger partial charge is 0.497 e. The Hall–Kier alpha value is -4.51. The summed E-state index contributed by atoms with van der Waals surface area (Å²) >= 11 is 0. The molecular weight excluding hydrogens is 432 g/mol. The topological polar surface area (TPSA) is 109 Å². The number of oxazole rings is 1. The van der Waals surface area contributed by atoms with E-state index in [1.54, 1.807) is 49.6 Å². The third-order valence-electron chi connectivity index (χ3n) is 5.06. The third kappa shape index (κ3) is 6.04. The van der Waals surface area contributed by atoms with E-state index in [9.17, 15) is 4.79 Å². The molecule has 8 nitrogen and oxygen atoms in total. The Balaban J connectivity index is 1.23. The minimum atomic E-state index is -0.0715. The Morgan fingerprint density at radius 2 is 1.74 bits per heavy atom. The summed E-state index contributed by atoms with van der Waals surface area (Å²) in [6.07, 6.45) is 1.83. The van der Waals surface area contributed by atoms with E-state index in [1.807, 2.05) is 24.3 Å². The van der Waals surface area contributed by atoms with Gasteiger partial charge in [-0.1, -0.05) is 0 Å². The zero-order valence-corrected chi connectivity index (χ0v) is 18.7. The van der Waals surface area contributed by atoms with Crippen molar-refractivity contribution < 1.29 is 18.7 Å². The van der Waals surface area contributed by atoms with Gasteiger partial charge in [-0.2, -0.15) is 10.2 Å². The Bertz CT molecular complexity index is 1290. The molecule has 0 radical (unpaired) electrons. The molecule has 4 rings (SSSR count). The summed E-state index contributed by atoms with van der Waals surface area (Å²) in [6.45, 7) is 0.508. The number of aromatic nitrogens is 1. The number of nitrogens with zero attached hydrogens (tertiary/aromatic N) is 2. The lowest BCUT2D eigenvalue weighted by molar-refractivity contribution is -0.116. The van der Waals surface area contributed by atoms with Crippen LogP contribution < -0.4 is 20.1 Å². The van der Waals surface area contributed by atoms with Crippen LogP contribution in [0.2, 0.25) is 0 Å². The first kappa shape index (κ1) is 22.7. The van der Waals surface area contributed by atoms with Crippen molar-refractivity contribution in [2.75, 3.05) is 24.4 Å². The lowest BCUT2D eigenvalue weighted by Crippen LogP contribution is -2.11. The van der Waals surface area contributed by atoms with E-state index in [0.717, 1.165) is 17.9 Å². The van der Waals surface area contributed by atoms with Crippen molar-refractivity contribution in [3.05, 3.63) is 72.3 Å². The van der Waals surface area contributed by atoms with E-state index >= 15 is 0 Å². The zero-order valence-electron chi connectivity index (χ0n) is 18.7. The second kappa shape index (κ2) is 10.9. The molecule has 2 N–H and O–H groups in total. The number of rotatable bonds is 10. The molecule has 1 aromatic heterocycles. The van der Waals surface area contributed by atoms with Crippen LogP contribution >= 0.6 is 0 Å². The second-order valence-corrected chi connectivity index (χ2v) is 7.54. The molecule has 0 fully saturated rings. The molecule has 0 aliphatic carbocycles. The Morgan fingerprint density at radius 3 is 2.47 bits per heavy atom. The van der Waals surface area contributed by atoms with Crippen molar-refractivity contribution in [2.24, 2.45) is 0 Å². The molecule has 8 heteroatoms. The molecule has 3 aromatic carbocycles. The van der Waals surface area contributed by atoms with E-state index < -0.39 is 0 Å². The average molecular weight is 457 g/mol. The highest BCUT2D eigenvalue weighted by molar-refractivity contribution is 5.93. The van der Waals surface area contributed by atoms with Crippen LogP contribution in [0.15, 0.2) is 71.1 Å². The van der Waals surface area contributed by atoms with Crippen molar-refractivity contribution in [3.8, 4) is 17.6 Å². The number of fused-ring (bicyclic) bond motifs is 1. The lowest BCUT2D eigenvalue weighted by Gasteiger charge is -2.07. The molecule has 0 atom stereocenters. The molecule has 0 aliphatic rings. The molecule has 0 saturated heterocycles. The fourth-order valence-corrected chi connectivity index (χ4v) is 3.28. The third-order valence-corrected chi connectivity index (χ3v) is 5.06. The minimum Gasteiger partial charge on any atom is -0.497 e. The summed E-state index contributed by atoms with van der Waals surface area (Å²) in [6, 6.07) is 22.2. The second-order valence-electron chi connectivity index (χ2n) is 7.54. The van der Waals surface area contributed by atoms with E-state index in [4.69, 9.17) is 19.2 Å². The first-order valence-corrected chi connectivity index (χ1v) is 10.9. The van der Waals surface area contributed by atoms with E-state index in [1.165, 1.54) is 0 Å². The number of carbonyl (C=O) groups excluding carboxylic acids is 1. The van der Waals surface area contributed by atoms with E-state index in [-0.39, 0.29) is 5.91 Å². The average Bonchev–Trinajstić information content (AvgIpc) is 3.26. The summed E-state index contributed by atoms with van der Waals surface area (Å²) in [4.78, 5) is 16.8. The lowest BCUT2D eigenvalue weighted by atomic mass is 10.2. The number of hydrogen-bond donors (Lipinski definition) is 2. The number of unbranched alkanes of at least 4 members (excludes halogenated alkanes) is 1. The van der Waals surface area contributed by atoms with Gasteiger partial charge < -0.3 is 24.5 Å². The Morgan fingerprint density at radius 1 is 1.00 bits per heavy atom. The quantitative estimate of drug-likeness (QED) is 0.297. The van der Waals surface area contributed by atoms with Crippen molar-refractivity contribution in [1.82, 2.24) is 4.98 Å². The maximum atomic E-state index is 12.3. The van der Waals surface area contributed by atoms with Crippen LogP contribution in [-0.2, 0) is 4.79 Å². The van der Waals surface area contributed by atoms with Gasteiger partial charge in [0.15, 0.2) is 5.58 Å². The van der Waals surface area contributed by atoms with Gasteiger partial charge >= 0.3 is 0 Å². The van der Waals surface area contributed by atoms with Gasteiger partial charge in [0.2, 0.25) is 5.91 Å². The number of nitriles is 1. The van der Waals surface area contributed by atoms with Gasteiger partial charge in [0.1, 0.15) is 17.0 Å². The van der Waals surface area contributed by atoms with Crippen molar-refractivity contribution in [2.45, 2.75) is 19.3 Å². The zero-order chi connectivity index (χ0) is 23.8. The van der Waals surface area contributed by atoms with Crippen LogP contribution in [0.1, 0.15) is 24.8 Å². The summed E-state index contributed by atoms with van der Waals surface area (Å²) in [5.41, 5.74) is 3.34. The number of nitrogens with one attached hydrogen (secondary N) is 2. The molecule has 0 spiro atoms. The molecule has 0 aliphatic heterocycles. The number of methoxy groups -OCH3 is 1. The van der Waals surface area contributed by atoms with Gasteiger partial charge in [-0.05, 0) is 79.6 Å². The maximum absolute atomic E-state index is 12.3. The van der Waals surface area contributed by atoms with Crippen LogP contribution in [0.4, 0.5) is 17.4 Å². The first-order valence-electron chi connectivity index (χ1n) is 10.9. The highest BCUT2D eigenvalue weighted by Gasteiger charge is 2.09. The summed E-state index contributed by atoms with van der Waals surface area (Å²) in [5, 5.41) is 14.8. The summed E-state index contributed by atoms with van der Waals surface area (Å²) < 4.78 is 16.5. The molecule has 4 aromatic rings. The van der Waals surface area contributed by atoms with Crippen LogP contribution in [-0.4, -0.2) is 24.6 Å². The number of hydrogen-bond acceptors (Lipinski definition) is 7. The summed E-state index contributed by atoms with van der Waals surface area (Å²) in [7, 11) is 1.62. The molecule has 0 unspecified atom stereocenters. The maximum Gasteiger partial charge on any atom is 0.300 e. The number of amides is 1. The Labute approximate surface area is 197 Å². The van der Waals surface area contributed by atoms with E-state index in [0.29, 0.717) is 53.6 Å². The first-order chi connectivity index (χ1) is 16.6. The fraction of sp³-hybridized carbons (Fsp3) is 0.192. The Kier molecular flexibility index (Phi) is 7.25. The molecule has 172 valence electrons. The normalized spacial score (nSPS) is 10.5. The molecule has 34 heavy (non-hydrogen) atoms. The van der Waals surface area contributed by atoms with Gasteiger partial charge in [-0.3, -0.25) is 4.79 Å². The van der Waals surface area contributed by atoms with Gasteiger partial charge in [0, 0.05) is 17.8 Å². The number of carbonyl (C=O) groups is 1. The molecular formula is C26H24N4O4. The van der Waals surface area contributed by atoms with Gasteiger partial charge in [-0.25, -0.2) is 0 Å². The smallest absolute Gasteiger partial charge is 0.300 e. The van der Waals surface area contributed by atoms with Crippen molar-refractivity contribution in [1.29, 1.82) is 5.26 Å². The predicted octanol–water partition coefficient (Wildman–Crippen LogP) is 5.64.